The van der Waals surface area contributed by atoms with Crippen LogP contribution in [-0.4, -0.2) is 15.5 Å². The average Bonchev–Trinajstić information content (AvgIpc) is 2.63. The maximum Gasteiger partial charge on any atom is 0.270 e. The van der Waals surface area contributed by atoms with E-state index in [4.69, 9.17) is 0 Å². The second-order valence-electron chi connectivity index (χ2n) is 5.55. The molecule has 9 heteroatoms. The van der Waals surface area contributed by atoms with E-state index in [2.05, 4.69) is 26.2 Å². The predicted molar refractivity (Wildman–Crippen MR) is 96.0 cm³/mol. The molecule has 1 heterocycles. The van der Waals surface area contributed by atoms with Gasteiger partial charge in [-0.3, -0.25) is 14.2 Å². The second-order valence-corrected chi connectivity index (χ2v) is 6.34. The molecule has 27 heavy (non-hydrogen) atoms. The third kappa shape index (κ3) is 4.25. The van der Waals surface area contributed by atoms with E-state index in [1.165, 1.54) is 22.8 Å². The highest BCUT2D eigenvalue weighted by molar-refractivity contribution is 9.10. The second kappa shape index (κ2) is 7.75. The number of carbonyl (C=O) groups excluding carboxylic acids is 1. The number of nitrogens with zero attached hydrogens (tertiary/aromatic N) is 2. The SMILES string of the molecule is O=C(Nc1ncn(Cc2cccc(F)c2)c(=O)c1Br)c1cc(F)ccc1F. The summed E-state index contributed by atoms with van der Waals surface area (Å²) in [5.41, 5.74) is -0.513. The van der Waals surface area contributed by atoms with Crippen LogP contribution in [0.2, 0.25) is 0 Å². The zero-order chi connectivity index (χ0) is 19.6. The van der Waals surface area contributed by atoms with E-state index in [0.29, 0.717) is 5.56 Å². The van der Waals surface area contributed by atoms with E-state index in [1.807, 2.05) is 0 Å². The molecule has 3 aromatic rings. The maximum absolute atomic E-state index is 13.7. The summed E-state index contributed by atoms with van der Waals surface area (Å²) in [7, 11) is 0. The third-order valence-electron chi connectivity index (χ3n) is 3.63. The van der Waals surface area contributed by atoms with E-state index in [1.54, 1.807) is 6.07 Å². The Hall–Kier alpha value is -2.94. The molecular weight excluding hydrogens is 427 g/mol. The molecule has 0 fully saturated rings. The Morgan fingerprint density at radius 1 is 1.11 bits per heavy atom. The van der Waals surface area contributed by atoms with Crippen LogP contribution in [0.3, 0.4) is 0 Å². The molecule has 0 saturated heterocycles. The van der Waals surface area contributed by atoms with E-state index in [0.717, 1.165) is 24.5 Å². The van der Waals surface area contributed by atoms with Crippen molar-refractivity contribution in [2.75, 3.05) is 5.32 Å². The summed E-state index contributed by atoms with van der Waals surface area (Å²) in [6, 6.07) is 8.17. The normalized spacial score (nSPS) is 10.7. The van der Waals surface area contributed by atoms with Crippen molar-refractivity contribution in [2.24, 2.45) is 0 Å². The number of anilines is 1. The Bertz CT molecular complexity index is 1090. The molecule has 0 aliphatic heterocycles. The Balaban J connectivity index is 1.85. The van der Waals surface area contributed by atoms with E-state index < -0.39 is 34.5 Å². The lowest BCUT2D eigenvalue weighted by Gasteiger charge is -2.10. The highest BCUT2D eigenvalue weighted by Gasteiger charge is 2.17. The fourth-order valence-corrected chi connectivity index (χ4v) is 2.77. The number of aromatic nitrogens is 2. The highest BCUT2D eigenvalue weighted by Crippen LogP contribution is 2.17. The maximum atomic E-state index is 13.7. The molecule has 0 radical (unpaired) electrons. The van der Waals surface area contributed by atoms with Gasteiger partial charge in [-0.25, -0.2) is 18.2 Å². The summed E-state index contributed by atoms with van der Waals surface area (Å²) in [5.74, 6) is -3.23. The Morgan fingerprint density at radius 3 is 2.59 bits per heavy atom. The van der Waals surface area contributed by atoms with Crippen LogP contribution in [0.4, 0.5) is 19.0 Å². The Morgan fingerprint density at radius 2 is 1.85 bits per heavy atom. The fourth-order valence-electron chi connectivity index (χ4n) is 2.34. The van der Waals surface area contributed by atoms with Crippen molar-refractivity contribution in [1.82, 2.24) is 9.55 Å². The van der Waals surface area contributed by atoms with Crippen molar-refractivity contribution in [1.29, 1.82) is 0 Å². The molecule has 0 aliphatic rings. The standard InChI is InChI=1S/C18H11BrF3N3O2/c19-15-16(24-17(26)13-7-12(21)4-5-14(13)22)23-9-25(18(15)27)8-10-2-1-3-11(20)6-10/h1-7,9H,8H2,(H,24,26). The summed E-state index contributed by atoms with van der Waals surface area (Å²) in [6.07, 6.45) is 1.16. The first-order valence-electron chi connectivity index (χ1n) is 7.61. The first kappa shape index (κ1) is 18.8. The minimum absolute atomic E-state index is 0.0644. The highest BCUT2D eigenvalue weighted by atomic mass is 79.9. The number of nitrogens with one attached hydrogen (secondary N) is 1. The van der Waals surface area contributed by atoms with Crippen molar-refractivity contribution in [3.63, 3.8) is 0 Å². The molecule has 0 unspecified atom stereocenters. The van der Waals surface area contributed by atoms with Crippen molar-refractivity contribution >= 4 is 27.7 Å². The van der Waals surface area contributed by atoms with Crippen molar-refractivity contribution in [3.05, 3.63) is 92.2 Å². The number of benzene rings is 2. The lowest BCUT2D eigenvalue weighted by molar-refractivity contribution is 0.102. The largest absolute Gasteiger partial charge is 0.305 e. The Labute approximate surface area is 159 Å². The third-order valence-corrected chi connectivity index (χ3v) is 4.34. The molecule has 0 bridgehead atoms. The molecule has 5 nitrogen and oxygen atoms in total. The number of carbonyl (C=O) groups is 1. The van der Waals surface area contributed by atoms with Crippen LogP contribution in [0.1, 0.15) is 15.9 Å². The summed E-state index contributed by atoms with van der Waals surface area (Å²) in [5, 5.41) is 2.26. The van der Waals surface area contributed by atoms with Gasteiger partial charge in [0.25, 0.3) is 11.5 Å². The zero-order valence-corrected chi connectivity index (χ0v) is 15.1. The first-order valence-corrected chi connectivity index (χ1v) is 8.40. The molecule has 0 saturated carbocycles. The van der Waals surface area contributed by atoms with E-state index in [9.17, 15) is 22.8 Å². The molecular formula is C18H11BrF3N3O2. The van der Waals surface area contributed by atoms with Crippen LogP contribution in [0.15, 0.2) is 58.1 Å². The van der Waals surface area contributed by atoms with Crippen LogP contribution in [0, 0.1) is 17.5 Å². The first-order chi connectivity index (χ1) is 12.8. The van der Waals surface area contributed by atoms with Gasteiger partial charge < -0.3 is 5.32 Å². The van der Waals surface area contributed by atoms with Crippen LogP contribution in [0.5, 0.6) is 0 Å². The minimum atomic E-state index is -0.956. The van der Waals surface area contributed by atoms with E-state index >= 15 is 0 Å². The van der Waals surface area contributed by atoms with Crippen LogP contribution in [0.25, 0.3) is 0 Å². The summed E-state index contributed by atoms with van der Waals surface area (Å²) in [4.78, 5) is 28.5. The van der Waals surface area contributed by atoms with Crippen molar-refractivity contribution < 1.29 is 18.0 Å². The fraction of sp³-hybridized carbons (Fsp3) is 0.0556. The van der Waals surface area contributed by atoms with Gasteiger partial charge >= 0.3 is 0 Å². The van der Waals surface area contributed by atoms with Gasteiger partial charge in [0, 0.05) is 0 Å². The van der Waals surface area contributed by atoms with E-state index in [-0.39, 0.29) is 16.8 Å². The molecule has 1 aromatic heterocycles. The van der Waals surface area contributed by atoms with Gasteiger partial charge in [-0.1, -0.05) is 12.1 Å². The summed E-state index contributed by atoms with van der Waals surface area (Å²) < 4.78 is 41.3. The smallest absolute Gasteiger partial charge is 0.270 e. The number of hydrogen-bond acceptors (Lipinski definition) is 3. The predicted octanol–water partition coefficient (Wildman–Crippen LogP) is 3.72. The zero-order valence-electron chi connectivity index (χ0n) is 13.5. The molecule has 2 aromatic carbocycles. The number of hydrogen-bond donors (Lipinski definition) is 1. The van der Waals surface area contributed by atoms with Gasteiger partial charge in [-0.15, -0.1) is 0 Å². The average molecular weight is 438 g/mol. The molecule has 0 atom stereocenters. The van der Waals surface area contributed by atoms with Crippen LogP contribution in [-0.2, 0) is 6.54 Å². The number of rotatable bonds is 4. The molecule has 3 rings (SSSR count). The number of halogens is 4. The quantitative estimate of drug-likeness (QED) is 0.676. The lowest BCUT2D eigenvalue weighted by atomic mass is 10.2. The molecule has 0 aliphatic carbocycles. The van der Waals surface area contributed by atoms with Gasteiger partial charge in [-0.05, 0) is 51.8 Å². The van der Waals surface area contributed by atoms with Gasteiger partial charge in [0.1, 0.15) is 28.3 Å². The van der Waals surface area contributed by atoms with Gasteiger partial charge in [0.2, 0.25) is 0 Å². The van der Waals surface area contributed by atoms with Gasteiger partial charge in [0.05, 0.1) is 12.1 Å². The summed E-state index contributed by atoms with van der Waals surface area (Å²) >= 11 is 3.04. The molecule has 1 amide bonds. The number of amides is 1. The van der Waals surface area contributed by atoms with Crippen LogP contribution < -0.4 is 10.9 Å². The molecule has 1 N–H and O–H groups in total. The van der Waals surface area contributed by atoms with Crippen LogP contribution >= 0.6 is 15.9 Å². The summed E-state index contributed by atoms with van der Waals surface area (Å²) in [6.45, 7) is 0.0644. The van der Waals surface area contributed by atoms with Crippen molar-refractivity contribution in [3.8, 4) is 0 Å². The Kier molecular flexibility index (Phi) is 5.41. The topological polar surface area (TPSA) is 64.0 Å². The minimum Gasteiger partial charge on any atom is -0.305 e. The molecule has 0 spiro atoms. The monoisotopic (exact) mass is 437 g/mol. The lowest BCUT2D eigenvalue weighted by Crippen LogP contribution is -2.25. The van der Waals surface area contributed by atoms with Crippen molar-refractivity contribution in [2.45, 2.75) is 6.54 Å². The van der Waals surface area contributed by atoms with Gasteiger partial charge in [-0.2, -0.15) is 0 Å². The van der Waals surface area contributed by atoms with Gasteiger partial charge in [0.15, 0.2) is 5.82 Å². The molecule has 138 valence electrons.